The van der Waals surface area contributed by atoms with Crippen LogP contribution < -0.4 is 0 Å². The van der Waals surface area contributed by atoms with E-state index in [1.165, 1.54) is 18.4 Å². The van der Waals surface area contributed by atoms with Gasteiger partial charge in [0.2, 0.25) is 11.9 Å². The Labute approximate surface area is 76.0 Å². The van der Waals surface area contributed by atoms with Gasteiger partial charge in [0.15, 0.2) is 5.78 Å². The van der Waals surface area contributed by atoms with Gasteiger partial charge in [-0.1, -0.05) is 30.3 Å². The quantitative estimate of drug-likeness (QED) is 0.687. The molecule has 3 heteroatoms. The zero-order valence-corrected chi connectivity index (χ0v) is 7.15. The molecule has 0 aliphatic heterocycles. The summed E-state index contributed by atoms with van der Waals surface area (Å²) in [6.07, 6.45) is 1.35. The van der Waals surface area contributed by atoms with Gasteiger partial charge in [-0.05, 0) is 12.5 Å². The van der Waals surface area contributed by atoms with Crippen molar-refractivity contribution in [1.29, 1.82) is 0 Å². The third-order valence-corrected chi connectivity index (χ3v) is 1.85. The predicted molar refractivity (Wildman–Crippen MR) is 46.7 cm³/mol. The zero-order chi connectivity index (χ0) is 9.90. The first-order valence-corrected chi connectivity index (χ1v) is 3.79. The van der Waals surface area contributed by atoms with Crippen LogP contribution in [0.1, 0.15) is 12.5 Å². The molecule has 1 radical (unpaired) electrons. The fourth-order valence-electron chi connectivity index (χ4n) is 1.01. The highest BCUT2D eigenvalue weighted by Gasteiger charge is 2.35. The molecule has 0 fully saturated rings. The summed E-state index contributed by atoms with van der Waals surface area (Å²) in [7, 11) is 0. The summed E-state index contributed by atoms with van der Waals surface area (Å²) in [6.45, 7) is 1.15. The minimum Gasteiger partial charge on any atom is -0.371 e. The molecule has 1 aromatic carbocycles. The van der Waals surface area contributed by atoms with Crippen LogP contribution in [0.3, 0.4) is 0 Å². The predicted octanol–water partition coefficient (Wildman–Crippen LogP) is 0.573. The van der Waals surface area contributed by atoms with Gasteiger partial charge in [-0.2, -0.15) is 0 Å². The third kappa shape index (κ3) is 1.65. The second-order valence-corrected chi connectivity index (χ2v) is 2.73. The van der Waals surface area contributed by atoms with Gasteiger partial charge in [0.05, 0.1) is 0 Å². The van der Waals surface area contributed by atoms with Crippen molar-refractivity contribution in [1.82, 2.24) is 0 Å². The minimum absolute atomic E-state index is 0.248. The van der Waals surface area contributed by atoms with E-state index < -0.39 is 11.4 Å². The standard InChI is InChI=1S/C10H9O3/c1-8(12)10(13,7-11)9-5-3-2-4-6-9/h2-6,13H,1H3. The molecule has 0 saturated heterocycles. The first kappa shape index (κ1) is 9.61. The van der Waals surface area contributed by atoms with Gasteiger partial charge in [-0.15, -0.1) is 0 Å². The molecule has 0 aliphatic rings. The van der Waals surface area contributed by atoms with Crippen LogP contribution in [0, 0.1) is 0 Å². The number of carbonyl (C=O) groups is 1. The largest absolute Gasteiger partial charge is 0.371 e. The van der Waals surface area contributed by atoms with Crippen LogP contribution in [0.4, 0.5) is 0 Å². The van der Waals surface area contributed by atoms with Gasteiger partial charge in [0.25, 0.3) is 0 Å². The molecule has 0 heterocycles. The molecule has 0 spiro atoms. The van der Waals surface area contributed by atoms with Crippen LogP contribution in [0.5, 0.6) is 0 Å². The van der Waals surface area contributed by atoms with Crippen molar-refractivity contribution in [2.24, 2.45) is 0 Å². The summed E-state index contributed by atoms with van der Waals surface area (Å²) in [5.74, 6) is -0.631. The second kappa shape index (κ2) is 3.49. The van der Waals surface area contributed by atoms with E-state index in [4.69, 9.17) is 0 Å². The molecular formula is C10H9O3. The Morgan fingerprint density at radius 3 is 2.31 bits per heavy atom. The van der Waals surface area contributed by atoms with Crippen molar-refractivity contribution in [3.63, 3.8) is 0 Å². The Morgan fingerprint density at radius 1 is 1.38 bits per heavy atom. The highest BCUT2D eigenvalue weighted by molar-refractivity contribution is 6.00. The Kier molecular flexibility index (Phi) is 2.58. The Balaban J connectivity index is 3.18. The number of carbonyl (C=O) groups excluding carboxylic acids is 2. The average Bonchev–Trinajstić information content (AvgIpc) is 2.17. The summed E-state index contributed by atoms with van der Waals surface area (Å²) < 4.78 is 0. The number of rotatable bonds is 3. The van der Waals surface area contributed by atoms with E-state index >= 15 is 0 Å². The molecule has 0 amide bonds. The van der Waals surface area contributed by atoms with E-state index in [-0.39, 0.29) is 5.56 Å². The molecule has 1 N–H and O–H groups in total. The molecule has 0 aliphatic carbocycles. The van der Waals surface area contributed by atoms with Crippen molar-refractivity contribution in [2.75, 3.05) is 0 Å². The van der Waals surface area contributed by atoms with Crippen LogP contribution in [0.15, 0.2) is 30.3 Å². The fourth-order valence-corrected chi connectivity index (χ4v) is 1.01. The Hall–Kier alpha value is -1.48. The van der Waals surface area contributed by atoms with Gasteiger partial charge in [-0.3, -0.25) is 9.59 Å². The molecule has 0 bridgehead atoms. The first-order valence-electron chi connectivity index (χ1n) is 3.79. The van der Waals surface area contributed by atoms with Gasteiger partial charge >= 0.3 is 0 Å². The number of ketones is 1. The number of Topliss-reactive ketones (excluding diaryl/α,β-unsaturated/α-hetero) is 1. The topological polar surface area (TPSA) is 54.4 Å². The monoisotopic (exact) mass is 177 g/mol. The first-order chi connectivity index (χ1) is 6.11. The van der Waals surface area contributed by atoms with E-state index in [1.807, 2.05) is 0 Å². The van der Waals surface area contributed by atoms with E-state index in [0.717, 1.165) is 6.92 Å². The lowest BCUT2D eigenvalue weighted by Crippen LogP contribution is -2.35. The second-order valence-electron chi connectivity index (χ2n) is 2.73. The van der Waals surface area contributed by atoms with Gasteiger partial charge in [0.1, 0.15) is 0 Å². The number of aliphatic hydroxyl groups is 1. The maximum atomic E-state index is 11.0. The highest BCUT2D eigenvalue weighted by Crippen LogP contribution is 2.19. The normalized spacial score (nSPS) is 14.6. The number of hydrogen-bond donors (Lipinski definition) is 1. The van der Waals surface area contributed by atoms with Crippen molar-refractivity contribution in [3.8, 4) is 0 Å². The van der Waals surface area contributed by atoms with Crippen LogP contribution in [-0.4, -0.2) is 17.2 Å². The van der Waals surface area contributed by atoms with Crippen molar-refractivity contribution >= 4 is 12.1 Å². The van der Waals surface area contributed by atoms with Crippen LogP contribution in [0.2, 0.25) is 0 Å². The van der Waals surface area contributed by atoms with Crippen LogP contribution in [-0.2, 0) is 15.2 Å². The molecule has 1 aromatic rings. The third-order valence-electron chi connectivity index (χ3n) is 1.85. The zero-order valence-electron chi connectivity index (χ0n) is 7.15. The summed E-state index contributed by atoms with van der Waals surface area (Å²) in [5.41, 5.74) is -1.86. The molecular weight excluding hydrogens is 168 g/mol. The molecule has 0 aromatic heterocycles. The molecule has 13 heavy (non-hydrogen) atoms. The summed E-state index contributed by atoms with van der Waals surface area (Å²) in [4.78, 5) is 21.5. The van der Waals surface area contributed by atoms with E-state index in [9.17, 15) is 14.7 Å². The summed E-state index contributed by atoms with van der Waals surface area (Å²) in [6, 6.07) is 8.02. The Bertz CT molecular complexity index is 318. The number of benzene rings is 1. The lowest BCUT2D eigenvalue weighted by atomic mass is 9.92. The number of hydrogen-bond acceptors (Lipinski definition) is 3. The summed E-state index contributed by atoms with van der Waals surface area (Å²) >= 11 is 0. The minimum atomic E-state index is -2.11. The van der Waals surface area contributed by atoms with Gasteiger partial charge in [0, 0.05) is 0 Å². The van der Waals surface area contributed by atoms with E-state index in [0.29, 0.717) is 0 Å². The molecule has 1 rings (SSSR count). The van der Waals surface area contributed by atoms with Crippen molar-refractivity contribution in [3.05, 3.63) is 35.9 Å². The molecule has 3 nitrogen and oxygen atoms in total. The smallest absolute Gasteiger partial charge is 0.246 e. The molecule has 0 saturated carbocycles. The van der Waals surface area contributed by atoms with Gasteiger partial charge < -0.3 is 5.11 Å². The van der Waals surface area contributed by atoms with Crippen molar-refractivity contribution < 1.29 is 14.7 Å². The molecule has 1 unspecified atom stereocenters. The maximum absolute atomic E-state index is 11.0. The van der Waals surface area contributed by atoms with E-state index in [1.54, 1.807) is 18.2 Å². The molecule has 1 atom stereocenters. The SMILES string of the molecule is CC(=O)C(O)([C]=O)c1ccccc1. The average molecular weight is 177 g/mol. The van der Waals surface area contributed by atoms with Crippen LogP contribution >= 0.6 is 0 Å². The highest BCUT2D eigenvalue weighted by atomic mass is 16.3. The summed E-state index contributed by atoms with van der Waals surface area (Å²) in [5, 5.41) is 9.60. The van der Waals surface area contributed by atoms with Crippen molar-refractivity contribution in [2.45, 2.75) is 12.5 Å². The fraction of sp³-hybridized carbons (Fsp3) is 0.200. The van der Waals surface area contributed by atoms with Crippen LogP contribution in [0.25, 0.3) is 0 Å². The lowest BCUT2D eigenvalue weighted by Gasteiger charge is -2.16. The maximum Gasteiger partial charge on any atom is 0.246 e. The van der Waals surface area contributed by atoms with E-state index in [2.05, 4.69) is 0 Å². The Morgan fingerprint density at radius 2 is 1.92 bits per heavy atom. The molecule has 67 valence electrons. The lowest BCUT2D eigenvalue weighted by molar-refractivity contribution is -0.129. The van der Waals surface area contributed by atoms with Gasteiger partial charge in [-0.25, -0.2) is 0 Å².